The molecule has 0 aromatic heterocycles. The van der Waals surface area contributed by atoms with Gasteiger partial charge in [0.2, 0.25) is 0 Å². The summed E-state index contributed by atoms with van der Waals surface area (Å²) >= 11 is 7.02. The number of hydrogen-bond donors (Lipinski definition) is 0. The largest absolute Gasteiger partial charge is 0.496 e. The molecule has 0 fully saturated rings. The van der Waals surface area contributed by atoms with Crippen molar-refractivity contribution in [3.63, 3.8) is 0 Å². The average Bonchev–Trinajstić information content (AvgIpc) is 2.87. The van der Waals surface area contributed by atoms with Crippen LogP contribution in [0.1, 0.15) is 22.3 Å². The Morgan fingerprint density at radius 1 is 0.583 bits per heavy atom. The Bertz CT molecular complexity index is 1350. The molecule has 0 unspecified atom stereocenters. The van der Waals surface area contributed by atoms with E-state index in [1.807, 2.05) is 61.0 Å². The van der Waals surface area contributed by atoms with E-state index in [0.29, 0.717) is 0 Å². The Morgan fingerprint density at radius 2 is 1.00 bits per heavy atom. The zero-order valence-electron chi connectivity index (χ0n) is 20.5. The van der Waals surface area contributed by atoms with Crippen LogP contribution in [-0.2, 0) is 0 Å². The number of rotatable bonds is 7. The molecular weight excluding hydrogens is 580 g/mol. The molecule has 182 valence electrons. The first-order valence-electron chi connectivity index (χ1n) is 11.3. The highest BCUT2D eigenvalue weighted by Gasteiger charge is 2.07. The van der Waals surface area contributed by atoms with Gasteiger partial charge in [0.05, 0.1) is 25.6 Å². The van der Waals surface area contributed by atoms with Crippen molar-refractivity contribution in [1.29, 1.82) is 0 Å². The maximum absolute atomic E-state index is 5.45. The minimum atomic E-state index is 0.785. The van der Waals surface area contributed by atoms with E-state index in [0.717, 1.165) is 65.2 Å². The molecule has 0 radical (unpaired) electrons. The molecule has 0 heterocycles. The first kappa shape index (κ1) is 25.9. The minimum Gasteiger partial charge on any atom is -0.496 e. The van der Waals surface area contributed by atoms with Crippen LogP contribution in [0.15, 0.2) is 91.7 Å². The molecule has 0 bridgehead atoms. The second-order valence-corrected chi connectivity index (χ2v) is 10.1. The molecule has 0 atom stereocenters. The standard InChI is InChI=1S/C30H26Br2N2O2/c1-19-13-21(5-9-27(19)33-17-23-15-25(31)7-11-29(23)35-3)22-6-10-28(20(2)14-22)34-18-24-16-26(32)8-12-30(24)36-4/h5-18H,1-4H3. The number of nitrogens with zero attached hydrogens (tertiary/aromatic N) is 2. The van der Waals surface area contributed by atoms with Crippen LogP contribution in [0.2, 0.25) is 0 Å². The highest BCUT2D eigenvalue weighted by molar-refractivity contribution is 9.10. The first-order valence-corrected chi connectivity index (χ1v) is 12.9. The normalized spacial score (nSPS) is 11.4. The lowest BCUT2D eigenvalue weighted by Gasteiger charge is -2.09. The molecule has 0 amide bonds. The van der Waals surface area contributed by atoms with Gasteiger partial charge in [-0.2, -0.15) is 0 Å². The molecule has 4 nitrogen and oxygen atoms in total. The van der Waals surface area contributed by atoms with Crippen molar-refractivity contribution >= 4 is 55.7 Å². The van der Waals surface area contributed by atoms with E-state index in [1.165, 1.54) is 0 Å². The molecule has 6 heteroatoms. The summed E-state index contributed by atoms with van der Waals surface area (Å²) < 4.78 is 12.9. The molecule has 4 aromatic carbocycles. The Morgan fingerprint density at radius 3 is 1.36 bits per heavy atom. The summed E-state index contributed by atoms with van der Waals surface area (Å²) in [5.74, 6) is 1.57. The summed E-state index contributed by atoms with van der Waals surface area (Å²) in [6, 6.07) is 24.3. The fourth-order valence-corrected chi connectivity index (χ4v) is 4.61. The quantitative estimate of drug-likeness (QED) is 0.197. The van der Waals surface area contributed by atoms with Gasteiger partial charge in [0, 0.05) is 32.5 Å². The zero-order chi connectivity index (χ0) is 25.7. The van der Waals surface area contributed by atoms with Crippen LogP contribution in [0.3, 0.4) is 0 Å². The van der Waals surface area contributed by atoms with Crippen molar-refractivity contribution in [2.75, 3.05) is 14.2 Å². The predicted octanol–water partition coefficient (Wildman–Crippen LogP) is 9.01. The van der Waals surface area contributed by atoms with Crippen LogP contribution in [-0.4, -0.2) is 26.6 Å². The Balaban J connectivity index is 1.56. The van der Waals surface area contributed by atoms with Gasteiger partial charge in [-0.25, -0.2) is 0 Å². The van der Waals surface area contributed by atoms with Crippen LogP contribution >= 0.6 is 31.9 Å². The van der Waals surface area contributed by atoms with Gasteiger partial charge in [-0.3, -0.25) is 9.98 Å². The van der Waals surface area contributed by atoms with E-state index in [2.05, 4.69) is 70.0 Å². The Kier molecular flexibility index (Phi) is 8.39. The molecular formula is C30H26Br2N2O2. The van der Waals surface area contributed by atoms with Crippen molar-refractivity contribution in [2.45, 2.75) is 13.8 Å². The molecule has 4 aromatic rings. The fraction of sp³-hybridized carbons (Fsp3) is 0.133. The van der Waals surface area contributed by atoms with Gasteiger partial charge in [-0.15, -0.1) is 0 Å². The van der Waals surface area contributed by atoms with Gasteiger partial charge in [0.1, 0.15) is 11.5 Å². The molecule has 0 saturated heterocycles. The summed E-state index contributed by atoms with van der Waals surface area (Å²) in [6.45, 7) is 4.15. The predicted molar refractivity (Wildman–Crippen MR) is 157 cm³/mol. The number of hydrogen-bond acceptors (Lipinski definition) is 4. The molecule has 0 aliphatic rings. The summed E-state index contributed by atoms with van der Waals surface area (Å²) in [4.78, 5) is 9.41. The third-order valence-electron chi connectivity index (χ3n) is 5.80. The van der Waals surface area contributed by atoms with Crippen molar-refractivity contribution in [3.05, 3.63) is 104 Å². The lowest BCUT2D eigenvalue weighted by Crippen LogP contribution is -1.91. The summed E-state index contributed by atoms with van der Waals surface area (Å²) in [5.41, 5.74) is 8.14. The topological polar surface area (TPSA) is 43.2 Å². The summed E-state index contributed by atoms with van der Waals surface area (Å²) in [6.07, 6.45) is 3.67. The first-order chi connectivity index (χ1) is 17.4. The molecule has 0 aliphatic heterocycles. The van der Waals surface area contributed by atoms with Crippen LogP contribution < -0.4 is 9.47 Å². The Labute approximate surface area is 229 Å². The van der Waals surface area contributed by atoms with Crippen LogP contribution in [0.4, 0.5) is 11.4 Å². The number of aliphatic imine (C=N–C) groups is 2. The summed E-state index contributed by atoms with van der Waals surface area (Å²) in [5, 5.41) is 0. The van der Waals surface area contributed by atoms with Gasteiger partial charge < -0.3 is 9.47 Å². The molecule has 4 rings (SSSR count). The van der Waals surface area contributed by atoms with E-state index in [1.54, 1.807) is 14.2 Å². The minimum absolute atomic E-state index is 0.785. The lowest BCUT2D eigenvalue weighted by atomic mass is 10.00. The Hall–Kier alpha value is -3.22. The van der Waals surface area contributed by atoms with E-state index in [9.17, 15) is 0 Å². The third-order valence-corrected chi connectivity index (χ3v) is 6.78. The number of benzene rings is 4. The van der Waals surface area contributed by atoms with Gasteiger partial charge in [0.15, 0.2) is 0 Å². The van der Waals surface area contributed by atoms with E-state index < -0.39 is 0 Å². The maximum Gasteiger partial charge on any atom is 0.127 e. The molecule has 0 saturated carbocycles. The smallest absolute Gasteiger partial charge is 0.127 e. The van der Waals surface area contributed by atoms with Gasteiger partial charge in [-0.1, -0.05) is 44.0 Å². The fourth-order valence-electron chi connectivity index (χ4n) is 3.85. The van der Waals surface area contributed by atoms with Gasteiger partial charge in [-0.05, 0) is 96.8 Å². The van der Waals surface area contributed by atoms with E-state index in [4.69, 9.17) is 19.5 Å². The van der Waals surface area contributed by atoms with Crippen molar-refractivity contribution in [3.8, 4) is 22.6 Å². The molecule has 36 heavy (non-hydrogen) atoms. The van der Waals surface area contributed by atoms with Crippen molar-refractivity contribution < 1.29 is 9.47 Å². The van der Waals surface area contributed by atoms with Crippen LogP contribution in [0.5, 0.6) is 11.5 Å². The second-order valence-electron chi connectivity index (χ2n) is 8.29. The monoisotopic (exact) mass is 604 g/mol. The zero-order valence-corrected chi connectivity index (χ0v) is 23.7. The molecule has 0 spiro atoms. The number of methoxy groups -OCH3 is 2. The average molecular weight is 606 g/mol. The van der Waals surface area contributed by atoms with E-state index >= 15 is 0 Å². The molecule has 0 N–H and O–H groups in total. The number of aryl methyl sites for hydroxylation is 2. The van der Waals surface area contributed by atoms with Crippen molar-refractivity contribution in [1.82, 2.24) is 0 Å². The second kappa shape index (κ2) is 11.7. The molecule has 0 aliphatic carbocycles. The highest BCUT2D eigenvalue weighted by atomic mass is 79.9. The third kappa shape index (κ3) is 6.12. The van der Waals surface area contributed by atoms with Crippen molar-refractivity contribution in [2.24, 2.45) is 9.98 Å². The van der Waals surface area contributed by atoms with Crippen LogP contribution in [0.25, 0.3) is 11.1 Å². The lowest BCUT2D eigenvalue weighted by molar-refractivity contribution is 0.414. The number of ether oxygens (including phenoxy) is 2. The SMILES string of the molecule is COc1ccc(Br)cc1C=Nc1ccc(-c2ccc(N=Cc3cc(Br)ccc3OC)c(C)c2)cc1C. The van der Waals surface area contributed by atoms with E-state index in [-0.39, 0.29) is 0 Å². The van der Waals surface area contributed by atoms with Gasteiger partial charge in [0.25, 0.3) is 0 Å². The summed E-state index contributed by atoms with van der Waals surface area (Å²) in [7, 11) is 3.33. The maximum atomic E-state index is 5.45. The van der Waals surface area contributed by atoms with Crippen LogP contribution in [0, 0.1) is 13.8 Å². The van der Waals surface area contributed by atoms with Gasteiger partial charge >= 0.3 is 0 Å². The number of halogens is 2. The highest BCUT2D eigenvalue weighted by Crippen LogP contribution is 2.31.